The molecule has 0 atom stereocenters. The predicted octanol–water partition coefficient (Wildman–Crippen LogP) is 12.7. The molecule has 0 radical (unpaired) electrons. The number of nitrogens with zero attached hydrogens (tertiary/aromatic N) is 2. The Hall–Kier alpha value is -5.60. The fourth-order valence-electron chi connectivity index (χ4n) is 7.20. The monoisotopic (exact) mass is 830 g/mol. The zero-order valence-corrected chi connectivity index (χ0v) is 33.1. The lowest BCUT2D eigenvalue weighted by molar-refractivity contribution is 0.426. The van der Waals surface area contributed by atoms with Crippen molar-refractivity contribution in [3.8, 4) is 22.5 Å². The zero-order chi connectivity index (χ0) is 38.6. The van der Waals surface area contributed by atoms with Crippen molar-refractivity contribution in [1.29, 1.82) is 0 Å². The SMILES string of the molecule is Clc1ccc(-n2c3ccccc3c3ccccc32)c(-c2ccccc2)c1.Clc1ccc(-n2c3ccccc3c3ccccc32)c(Br)c1.OB(O)c1ccccc1. The fourth-order valence-corrected chi connectivity index (χ4v) is 8.24. The number of hydrogen-bond acceptors (Lipinski definition) is 2. The number of rotatable bonds is 4. The molecule has 0 bridgehead atoms. The van der Waals surface area contributed by atoms with Crippen LogP contribution in [-0.4, -0.2) is 26.3 Å². The minimum absolute atomic E-state index is 0.525. The Kier molecular flexibility index (Phi) is 11.1. The van der Waals surface area contributed by atoms with E-state index in [0.29, 0.717) is 5.46 Å². The van der Waals surface area contributed by atoms with Crippen molar-refractivity contribution in [2.24, 2.45) is 0 Å². The van der Waals surface area contributed by atoms with Gasteiger partial charge in [-0.2, -0.15) is 0 Å². The second kappa shape index (κ2) is 16.6. The summed E-state index contributed by atoms with van der Waals surface area (Å²) in [5, 5.41) is 23.7. The van der Waals surface area contributed by atoms with Crippen LogP contribution in [0.15, 0.2) is 199 Å². The molecule has 0 aliphatic carbocycles. The Bertz CT molecular complexity index is 2840. The molecule has 10 aromatic rings. The van der Waals surface area contributed by atoms with Gasteiger partial charge in [0.25, 0.3) is 0 Å². The van der Waals surface area contributed by atoms with Gasteiger partial charge >= 0.3 is 7.12 Å². The molecular formula is C48H34BBrCl2N2O2. The molecule has 0 amide bonds. The normalized spacial score (nSPS) is 10.9. The van der Waals surface area contributed by atoms with E-state index in [9.17, 15) is 0 Å². The molecular weight excluding hydrogens is 798 g/mol. The third-order valence-electron chi connectivity index (χ3n) is 9.69. The van der Waals surface area contributed by atoms with Gasteiger partial charge in [-0.15, -0.1) is 0 Å². The standard InChI is InChI=1S/C24H16ClN.C18H11BrClN.C6H7BO2/c25-18-14-15-24(21(16-18)17-8-2-1-3-9-17)26-22-12-6-4-10-19(22)20-11-5-7-13-23(20)26;19-15-11-12(20)9-10-18(15)21-16-7-3-1-5-13(16)14-6-2-4-8-17(14)21;8-7(9)6-4-2-1-3-5-6/h1-16H;1-11H;1-5,8-9H. The number of benzene rings is 8. The largest absolute Gasteiger partial charge is 0.488 e. The highest BCUT2D eigenvalue weighted by molar-refractivity contribution is 9.10. The van der Waals surface area contributed by atoms with E-state index in [0.717, 1.165) is 37.0 Å². The van der Waals surface area contributed by atoms with Crippen molar-refractivity contribution in [2.45, 2.75) is 0 Å². The van der Waals surface area contributed by atoms with E-state index >= 15 is 0 Å². The molecule has 8 heteroatoms. The summed E-state index contributed by atoms with van der Waals surface area (Å²) in [6, 6.07) is 65.1. The molecule has 8 aromatic carbocycles. The van der Waals surface area contributed by atoms with Crippen molar-refractivity contribution in [3.63, 3.8) is 0 Å². The van der Waals surface area contributed by atoms with Gasteiger partial charge in [0, 0.05) is 41.6 Å². The van der Waals surface area contributed by atoms with Gasteiger partial charge in [0.1, 0.15) is 0 Å². The smallest absolute Gasteiger partial charge is 0.423 e. The van der Waals surface area contributed by atoms with Crippen molar-refractivity contribution in [3.05, 3.63) is 209 Å². The van der Waals surface area contributed by atoms with Crippen LogP contribution in [0.25, 0.3) is 66.1 Å². The summed E-state index contributed by atoms with van der Waals surface area (Å²) in [6.07, 6.45) is 0. The van der Waals surface area contributed by atoms with Gasteiger partial charge in [-0.25, -0.2) is 0 Å². The summed E-state index contributed by atoms with van der Waals surface area (Å²) in [4.78, 5) is 0. The Balaban J connectivity index is 0.000000131. The van der Waals surface area contributed by atoms with E-state index in [-0.39, 0.29) is 0 Å². The molecule has 272 valence electrons. The highest BCUT2D eigenvalue weighted by Crippen LogP contribution is 2.38. The van der Waals surface area contributed by atoms with Gasteiger partial charge in [-0.1, -0.05) is 157 Å². The van der Waals surface area contributed by atoms with Gasteiger partial charge < -0.3 is 19.2 Å². The second-order valence-corrected chi connectivity index (χ2v) is 14.9. The third-order valence-corrected chi connectivity index (χ3v) is 10.8. The summed E-state index contributed by atoms with van der Waals surface area (Å²) in [5.41, 5.74) is 9.84. The summed E-state index contributed by atoms with van der Waals surface area (Å²) in [5.74, 6) is 0. The van der Waals surface area contributed by atoms with Crippen LogP contribution < -0.4 is 5.46 Å². The second-order valence-electron chi connectivity index (χ2n) is 13.1. The lowest BCUT2D eigenvalue weighted by Crippen LogP contribution is -2.29. The predicted molar refractivity (Wildman–Crippen MR) is 241 cm³/mol. The number of fused-ring (bicyclic) bond motifs is 6. The molecule has 0 saturated carbocycles. The average molecular weight is 832 g/mol. The average Bonchev–Trinajstić information content (AvgIpc) is 3.75. The number of para-hydroxylation sites is 4. The number of hydrogen-bond donors (Lipinski definition) is 2. The van der Waals surface area contributed by atoms with Gasteiger partial charge in [-0.05, 0) is 87.6 Å². The Morgan fingerprint density at radius 2 is 0.786 bits per heavy atom. The summed E-state index contributed by atoms with van der Waals surface area (Å²) in [6.45, 7) is 0. The first-order valence-corrected chi connectivity index (χ1v) is 19.6. The zero-order valence-electron chi connectivity index (χ0n) is 30.0. The van der Waals surface area contributed by atoms with Crippen LogP contribution in [0.1, 0.15) is 0 Å². The van der Waals surface area contributed by atoms with Gasteiger partial charge in [0.2, 0.25) is 0 Å². The van der Waals surface area contributed by atoms with Gasteiger partial charge in [-0.3, -0.25) is 0 Å². The minimum Gasteiger partial charge on any atom is -0.423 e. The Labute approximate surface area is 343 Å². The van der Waals surface area contributed by atoms with Crippen LogP contribution in [0.5, 0.6) is 0 Å². The number of aromatic nitrogens is 2. The van der Waals surface area contributed by atoms with Crippen LogP contribution in [-0.2, 0) is 0 Å². The molecule has 0 fully saturated rings. The van der Waals surface area contributed by atoms with Crippen LogP contribution in [0, 0.1) is 0 Å². The van der Waals surface area contributed by atoms with Crippen molar-refractivity contribution in [1.82, 2.24) is 9.13 Å². The van der Waals surface area contributed by atoms with E-state index in [4.69, 9.17) is 33.2 Å². The molecule has 0 unspecified atom stereocenters. The lowest BCUT2D eigenvalue weighted by atomic mass is 9.81. The summed E-state index contributed by atoms with van der Waals surface area (Å²) >= 11 is 16.1. The topological polar surface area (TPSA) is 50.3 Å². The maximum absolute atomic E-state index is 8.58. The maximum atomic E-state index is 8.58. The van der Waals surface area contributed by atoms with Gasteiger partial charge in [0.05, 0.1) is 33.4 Å². The first kappa shape index (κ1) is 37.3. The maximum Gasteiger partial charge on any atom is 0.488 e. The molecule has 0 spiro atoms. The van der Waals surface area contributed by atoms with Crippen LogP contribution in [0.3, 0.4) is 0 Å². The highest BCUT2D eigenvalue weighted by atomic mass is 79.9. The molecule has 2 heterocycles. The van der Waals surface area contributed by atoms with Crippen molar-refractivity contribution >= 4 is 95.3 Å². The van der Waals surface area contributed by atoms with Crippen LogP contribution in [0.4, 0.5) is 0 Å². The Morgan fingerprint density at radius 1 is 0.411 bits per heavy atom. The summed E-state index contributed by atoms with van der Waals surface area (Å²) < 4.78 is 5.59. The molecule has 0 aliphatic rings. The quantitative estimate of drug-likeness (QED) is 0.174. The first-order chi connectivity index (χ1) is 27.4. The van der Waals surface area contributed by atoms with E-state index in [1.165, 1.54) is 43.6 Å². The van der Waals surface area contributed by atoms with E-state index < -0.39 is 7.12 Å². The van der Waals surface area contributed by atoms with Crippen molar-refractivity contribution in [2.75, 3.05) is 0 Å². The lowest BCUT2D eigenvalue weighted by Gasteiger charge is -2.14. The van der Waals surface area contributed by atoms with Crippen LogP contribution in [0.2, 0.25) is 10.0 Å². The van der Waals surface area contributed by atoms with E-state index in [1.54, 1.807) is 24.3 Å². The number of halogens is 3. The minimum atomic E-state index is -1.34. The van der Waals surface area contributed by atoms with E-state index in [2.05, 4.69) is 159 Å². The van der Waals surface area contributed by atoms with Crippen LogP contribution >= 0.6 is 39.1 Å². The first-order valence-electron chi connectivity index (χ1n) is 18.1. The Morgan fingerprint density at radius 3 is 1.21 bits per heavy atom. The molecule has 0 aliphatic heterocycles. The molecule has 0 saturated heterocycles. The molecule has 56 heavy (non-hydrogen) atoms. The third kappa shape index (κ3) is 7.50. The van der Waals surface area contributed by atoms with Gasteiger partial charge in [0.15, 0.2) is 0 Å². The highest BCUT2D eigenvalue weighted by Gasteiger charge is 2.16. The molecule has 4 nitrogen and oxygen atoms in total. The molecule has 2 aromatic heterocycles. The molecule has 10 rings (SSSR count). The van der Waals surface area contributed by atoms with E-state index in [1.807, 2.05) is 36.4 Å². The molecule has 2 N–H and O–H groups in total. The summed E-state index contributed by atoms with van der Waals surface area (Å²) in [7, 11) is -1.34. The fraction of sp³-hybridized carbons (Fsp3) is 0. The van der Waals surface area contributed by atoms with Crippen molar-refractivity contribution < 1.29 is 10.0 Å².